The second-order valence-corrected chi connectivity index (χ2v) is 5.01. The van der Waals surface area contributed by atoms with Crippen LogP contribution in [-0.4, -0.2) is 11.9 Å². The van der Waals surface area contributed by atoms with Gasteiger partial charge in [-0.25, -0.2) is 5.84 Å². The molecule has 0 aromatic heterocycles. The van der Waals surface area contributed by atoms with Crippen LogP contribution in [0.3, 0.4) is 0 Å². The molecule has 2 aliphatic rings. The topological polar surface area (TPSA) is 50.4 Å². The van der Waals surface area contributed by atoms with Crippen molar-refractivity contribution in [3.63, 3.8) is 0 Å². The number of nitrogens with two attached hydrogens (primary N) is 1. The van der Waals surface area contributed by atoms with Crippen LogP contribution in [0, 0.1) is 5.92 Å². The molecule has 86 valence electrons. The minimum absolute atomic E-state index is 0.539. The summed E-state index contributed by atoms with van der Waals surface area (Å²) in [4.78, 5) is 4.77. The fraction of sp³-hybridized carbons (Fsp3) is 0.917. The van der Waals surface area contributed by atoms with Gasteiger partial charge in [-0.1, -0.05) is 25.7 Å². The van der Waals surface area contributed by atoms with E-state index in [4.69, 9.17) is 10.8 Å². The smallest absolute Gasteiger partial charge is 0.111 e. The first-order chi connectivity index (χ1) is 7.38. The predicted octanol–water partition coefficient (Wildman–Crippen LogP) is 2.37. The van der Waals surface area contributed by atoms with Crippen LogP contribution < -0.4 is 11.3 Å². The Morgan fingerprint density at radius 2 is 1.73 bits per heavy atom. The molecule has 0 atom stereocenters. The van der Waals surface area contributed by atoms with E-state index in [1.807, 2.05) is 0 Å². The van der Waals surface area contributed by atoms with Crippen LogP contribution in [0.15, 0.2) is 4.99 Å². The summed E-state index contributed by atoms with van der Waals surface area (Å²) in [5.41, 5.74) is 2.79. The van der Waals surface area contributed by atoms with Gasteiger partial charge in [-0.15, -0.1) is 0 Å². The van der Waals surface area contributed by atoms with Gasteiger partial charge in [0.05, 0.1) is 6.04 Å². The molecule has 0 amide bonds. The monoisotopic (exact) mass is 209 g/mol. The van der Waals surface area contributed by atoms with Crippen LogP contribution >= 0.6 is 0 Å². The highest BCUT2D eigenvalue weighted by Crippen LogP contribution is 2.32. The molecule has 2 aliphatic carbocycles. The lowest BCUT2D eigenvalue weighted by Gasteiger charge is -2.12. The minimum Gasteiger partial charge on any atom is -0.312 e. The Kier molecular flexibility index (Phi) is 4.01. The Hall–Kier alpha value is -0.570. The number of hydrogen-bond donors (Lipinski definition) is 2. The molecule has 0 unspecified atom stereocenters. The molecule has 0 bridgehead atoms. The predicted molar refractivity (Wildman–Crippen MR) is 63.6 cm³/mol. The van der Waals surface area contributed by atoms with Gasteiger partial charge in [0, 0.05) is 6.42 Å². The van der Waals surface area contributed by atoms with Crippen molar-refractivity contribution in [2.24, 2.45) is 16.8 Å². The summed E-state index contributed by atoms with van der Waals surface area (Å²) in [5, 5.41) is 0. The van der Waals surface area contributed by atoms with E-state index >= 15 is 0 Å². The van der Waals surface area contributed by atoms with Gasteiger partial charge < -0.3 is 5.43 Å². The Labute approximate surface area is 92.5 Å². The molecule has 2 rings (SSSR count). The molecule has 0 aliphatic heterocycles. The van der Waals surface area contributed by atoms with Crippen LogP contribution in [0.1, 0.15) is 57.8 Å². The first-order valence-corrected chi connectivity index (χ1v) is 6.42. The van der Waals surface area contributed by atoms with E-state index in [0.717, 1.165) is 18.2 Å². The van der Waals surface area contributed by atoms with Crippen LogP contribution in [0.2, 0.25) is 0 Å². The van der Waals surface area contributed by atoms with Crippen LogP contribution in [0.5, 0.6) is 0 Å². The van der Waals surface area contributed by atoms with Crippen LogP contribution in [-0.2, 0) is 0 Å². The summed E-state index contributed by atoms with van der Waals surface area (Å²) in [5.74, 6) is 7.44. The maximum absolute atomic E-state index is 5.52. The number of nitrogens with one attached hydrogen (secondary N) is 1. The summed E-state index contributed by atoms with van der Waals surface area (Å²) >= 11 is 0. The van der Waals surface area contributed by atoms with E-state index in [9.17, 15) is 0 Å². The Bertz CT molecular complexity index is 213. The van der Waals surface area contributed by atoms with Crippen LogP contribution in [0.25, 0.3) is 0 Å². The van der Waals surface area contributed by atoms with Gasteiger partial charge in [0.1, 0.15) is 5.84 Å². The third-order valence-electron chi connectivity index (χ3n) is 3.51. The van der Waals surface area contributed by atoms with Crippen molar-refractivity contribution in [3.05, 3.63) is 0 Å². The van der Waals surface area contributed by atoms with Crippen molar-refractivity contribution >= 4 is 5.84 Å². The molecule has 3 nitrogen and oxygen atoms in total. The Morgan fingerprint density at radius 3 is 2.27 bits per heavy atom. The Balaban J connectivity index is 1.85. The highest BCUT2D eigenvalue weighted by atomic mass is 15.3. The van der Waals surface area contributed by atoms with Crippen molar-refractivity contribution in [3.8, 4) is 0 Å². The van der Waals surface area contributed by atoms with Gasteiger partial charge in [0.2, 0.25) is 0 Å². The third kappa shape index (κ3) is 3.82. The number of hydrazine groups is 1. The highest BCUT2D eigenvalue weighted by molar-refractivity contribution is 5.82. The molecule has 0 aromatic carbocycles. The Morgan fingerprint density at radius 1 is 1.07 bits per heavy atom. The number of aliphatic imine (C=N–C) groups is 1. The molecular formula is C12H23N3. The van der Waals surface area contributed by atoms with Crippen molar-refractivity contribution in [1.29, 1.82) is 0 Å². The molecule has 2 saturated carbocycles. The largest absolute Gasteiger partial charge is 0.312 e. The average molecular weight is 209 g/mol. The molecule has 0 aromatic rings. The molecule has 2 fully saturated rings. The van der Waals surface area contributed by atoms with E-state index in [1.54, 1.807) is 0 Å². The normalized spacial score (nSPS) is 25.0. The van der Waals surface area contributed by atoms with Gasteiger partial charge in [-0.2, -0.15) is 0 Å². The SMILES string of the molecule is NNC(CC1CC1)=NC1CCCCCC1. The fourth-order valence-electron chi connectivity index (χ4n) is 2.35. The quantitative estimate of drug-likeness (QED) is 0.246. The van der Waals surface area contributed by atoms with Gasteiger partial charge in [-0.3, -0.25) is 4.99 Å². The summed E-state index contributed by atoms with van der Waals surface area (Å²) in [6, 6.07) is 0.539. The zero-order chi connectivity index (χ0) is 10.5. The second kappa shape index (κ2) is 5.50. The zero-order valence-electron chi connectivity index (χ0n) is 9.54. The average Bonchev–Trinajstić information content (AvgIpc) is 3.04. The molecule has 15 heavy (non-hydrogen) atoms. The van der Waals surface area contributed by atoms with E-state index in [2.05, 4.69) is 5.43 Å². The molecule has 0 radical (unpaired) electrons. The molecule has 3 N–H and O–H groups in total. The van der Waals surface area contributed by atoms with Gasteiger partial charge in [0.25, 0.3) is 0 Å². The summed E-state index contributed by atoms with van der Waals surface area (Å²) in [6.45, 7) is 0. The van der Waals surface area contributed by atoms with Gasteiger partial charge in [-0.05, 0) is 31.6 Å². The molecule has 0 spiro atoms. The number of rotatable bonds is 3. The first-order valence-electron chi connectivity index (χ1n) is 6.42. The van der Waals surface area contributed by atoms with Crippen molar-refractivity contribution in [1.82, 2.24) is 5.43 Å². The molecule has 0 saturated heterocycles. The van der Waals surface area contributed by atoms with E-state index in [0.29, 0.717) is 6.04 Å². The second-order valence-electron chi connectivity index (χ2n) is 5.01. The van der Waals surface area contributed by atoms with E-state index < -0.39 is 0 Å². The van der Waals surface area contributed by atoms with E-state index in [-0.39, 0.29) is 0 Å². The van der Waals surface area contributed by atoms with Crippen LogP contribution in [0.4, 0.5) is 0 Å². The van der Waals surface area contributed by atoms with Crippen molar-refractivity contribution in [2.75, 3.05) is 0 Å². The maximum Gasteiger partial charge on any atom is 0.111 e. The minimum atomic E-state index is 0.539. The lowest BCUT2D eigenvalue weighted by Crippen LogP contribution is -2.32. The zero-order valence-corrected chi connectivity index (χ0v) is 9.54. The van der Waals surface area contributed by atoms with E-state index in [1.165, 1.54) is 51.4 Å². The van der Waals surface area contributed by atoms with Crippen molar-refractivity contribution < 1.29 is 0 Å². The standard InChI is InChI=1S/C12H23N3/c13-15-12(9-10-7-8-10)14-11-5-3-1-2-4-6-11/h10-11H,1-9,13H2,(H,14,15). The number of hydrogen-bond acceptors (Lipinski definition) is 2. The lowest BCUT2D eigenvalue weighted by atomic mass is 10.1. The fourth-order valence-corrected chi connectivity index (χ4v) is 2.35. The molecular weight excluding hydrogens is 186 g/mol. The number of nitrogens with zero attached hydrogens (tertiary/aromatic N) is 1. The first kappa shape index (κ1) is 10.9. The molecule has 3 heteroatoms. The highest BCUT2D eigenvalue weighted by Gasteiger charge is 2.23. The van der Waals surface area contributed by atoms with Gasteiger partial charge >= 0.3 is 0 Å². The summed E-state index contributed by atoms with van der Waals surface area (Å²) < 4.78 is 0. The third-order valence-corrected chi connectivity index (χ3v) is 3.51. The van der Waals surface area contributed by atoms with Crippen molar-refractivity contribution in [2.45, 2.75) is 63.8 Å². The van der Waals surface area contributed by atoms with Gasteiger partial charge in [0.15, 0.2) is 0 Å². The summed E-state index contributed by atoms with van der Waals surface area (Å²) in [6.07, 6.45) is 11.8. The maximum atomic E-state index is 5.52. The summed E-state index contributed by atoms with van der Waals surface area (Å²) in [7, 11) is 0. The number of amidine groups is 1. The lowest BCUT2D eigenvalue weighted by molar-refractivity contribution is 0.579. The molecule has 0 heterocycles.